The maximum absolute atomic E-state index is 13.5. The SMILES string of the molecule is CCOC(=O)C(C)CNc1c(C)cccc1F. The molecule has 3 nitrogen and oxygen atoms in total. The fraction of sp³-hybridized carbons (Fsp3) is 0.462. The monoisotopic (exact) mass is 239 g/mol. The summed E-state index contributed by atoms with van der Waals surface area (Å²) in [6.45, 7) is 6.06. The Bertz CT molecular complexity index is 373. The van der Waals surface area contributed by atoms with Crippen LogP contribution in [-0.2, 0) is 9.53 Å². The first-order valence-corrected chi connectivity index (χ1v) is 5.71. The molecule has 0 heterocycles. The Morgan fingerprint density at radius 2 is 2.24 bits per heavy atom. The van der Waals surface area contributed by atoms with E-state index in [0.29, 0.717) is 18.8 Å². The van der Waals surface area contributed by atoms with Gasteiger partial charge < -0.3 is 10.1 Å². The highest BCUT2D eigenvalue weighted by Gasteiger charge is 2.14. The lowest BCUT2D eigenvalue weighted by atomic mass is 10.1. The van der Waals surface area contributed by atoms with Crippen molar-refractivity contribution in [2.75, 3.05) is 18.5 Å². The number of esters is 1. The number of benzene rings is 1. The minimum Gasteiger partial charge on any atom is -0.466 e. The van der Waals surface area contributed by atoms with Crippen molar-refractivity contribution in [1.82, 2.24) is 0 Å². The number of halogens is 1. The Morgan fingerprint density at radius 1 is 1.53 bits per heavy atom. The molecule has 0 aliphatic rings. The van der Waals surface area contributed by atoms with Crippen molar-refractivity contribution >= 4 is 11.7 Å². The molecule has 0 aromatic heterocycles. The summed E-state index contributed by atoms with van der Waals surface area (Å²) >= 11 is 0. The number of rotatable bonds is 5. The van der Waals surface area contributed by atoms with Gasteiger partial charge in [-0.05, 0) is 25.5 Å². The molecule has 0 amide bonds. The molecule has 0 saturated heterocycles. The highest BCUT2D eigenvalue weighted by Crippen LogP contribution is 2.19. The quantitative estimate of drug-likeness (QED) is 0.803. The first kappa shape index (κ1) is 13.5. The van der Waals surface area contributed by atoms with E-state index in [-0.39, 0.29) is 17.7 Å². The third-order valence-electron chi connectivity index (χ3n) is 2.50. The summed E-state index contributed by atoms with van der Waals surface area (Å²) in [4.78, 5) is 11.4. The van der Waals surface area contributed by atoms with Gasteiger partial charge in [-0.1, -0.05) is 19.1 Å². The van der Waals surface area contributed by atoms with Crippen LogP contribution in [0.3, 0.4) is 0 Å². The molecule has 1 unspecified atom stereocenters. The number of hydrogen-bond acceptors (Lipinski definition) is 3. The fourth-order valence-corrected chi connectivity index (χ4v) is 1.48. The van der Waals surface area contributed by atoms with Gasteiger partial charge in [0.15, 0.2) is 0 Å². The van der Waals surface area contributed by atoms with E-state index in [1.807, 2.05) is 13.0 Å². The Balaban J connectivity index is 2.58. The van der Waals surface area contributed by atoms with Crippen LogP contribution >= 0.6 is 0 Å². The molecule has 1 aromatic rings. The van der Waals surface area contributed by atoms with Crippen LogP contribution in [0, 0.1) is 18.7 Å². The van der Waals surface area contributed by atoms with Crippen LogP contribution in [0.2, 0.25) is 0 Å². The molecule has 94 valence electrons. The maximum Gasteiger partial charge on any atom is 0.310 e. The third kappa shape index (κ3) is 3.73. The van der Waals surface area contributed by atoms with Crippen molar-refractivity contribution in [3.63, 3.8) is 0 Å². The van der Waals surface area contributed by atoms with E-state index in [0.717, 1.165) is 5.56 Å². The van der Waals surface area contributed by atoms with Gasteiger partial charge >= 0.3 is 5.97 Å². The zero-order chi connectivity index (χ0) is 12.8. The summed E-state index contributed by atoms with van der Waals surface area (Å²) in [5.74, 6) is -0.871. The minimum absolute atomic E-state index is 0.269. The Labute approximate surface area is 101 Å². The molecule has 4 heteroatoms. The minimum atomic E-state index is -0.305. The molecule has 0 fully saturated rings. The smallest absolute Gasteiger partial charge is 0.310 e. The van der Waals surface area contributed by atoms with E-state index in [1.165, 1.54) is 6.07 Å². The maximum atomic E-state index is 13.5. The van der Waals surface area contributed by atoms with E-state index >= 15 is 0 Å². The lowest BCUT2D eigenvalue weighted by Gasteiger charge is -2.14. The van der Waals surface area contributed by atoms with Gasteiger partial charge in [-0.25, -0.2) is 4.39 Å². The molecule has 17 heavy (non-hydrogen) atoms. The first-order valence-electron chi connectivity index (χ1n) is 5.71. The van der Waals surface area contributed by atoms with Crippen LogP contribution < -0.4 is 5.32 Å². The topological polar surface area (TPSA) is 38.3 Å². The van der Waals surface area contributed by atoms with Crippen molar-refractivity contribution in [2.24, 2.45) is 5.92 Å². The molecular weight excluding hydrogens is 221 g/mol. The first-order chi connectivity index (χ1) is 8.06. The van der Waals surface area contributed by atoms with Gasteiger partial charge in [-0.3, -0.25) is 4.79 Å². The molecule has 1 atom stereocenters. The molecule has 0 aliphatic carbocycles. The van der Waals surface area contributed by atoms with Crippen molar-refractivity contribution in [1.29, 1.82) is 0 Å². The van der Waals surface area contributed by atoms with Crippen LogP contribution in [0.15, 0.2) is 18.2 Å². The number of aryl methyl sites for hydroxylation is 1. The second-order valence-electron chi connectivity index (χ2n) is 3.97. The average molecular weight is 239 g/mol. The Kier molecular flexibility index (Phi) is 4.94. The van der Waals surface area contributed by atoms with Crippen LogP contribution in [0.4, 0.5) is 10.1 Å². The predicted molar refractivity (Wildman–Crippen MR) is 65.4 cm³/mol. The summed E-state index contributed by atoms with van der Waals surface area (Å²) in [6.07, 6.45) is 0. The number of carbonyl (C=O) groups is 1. The van der Waals surface area contributed by atoms with E-state index < -0.39 is 0 Å². The average Bonchev–Trinajstić information content (AvgIpc) is 2.28. The second-order valence-corrected chi connectivity index (χ2v) is 3.97. The van der Waals surface area contributed by atoms with Gasteiger partial charge in [0.1, 0.15) is 5.82 Å². The van der Waals surface area contributed by atoms with E-state index in [9.17, 15) is 9.18 Å². The van der Waals surface area contributed by atoms with Crippen molar-refractivity contribution in [3.8, 4) is 0 Å². The van der Waals surface area contributed by atoms with Crippen molar-refractivity contribution in [2.45, 2.75) is 20.8 Å². The molecule has 0 spiro atoms. The van der Waals surface area contributed by atoms with Crippen molar-refractivity contribution in [3.05, 3.63) is 29.6 Å². The number of hydrogen-bond donors (Lipinski definition) is 1. The van der Waals surface area contributed by atoms with Gasteiger partial charge in [0.2, 0.25) is 0 Å². The molecule has 0 radical (unpaired) electrons. The standard InChI is InChI=1S/C13H18FNO2/c1-4-17-13(16)10(3)8-15-12-9(2)6-5-7-11(12)14/h5-7,10,15H,4,8H2,1-3H3. The fourth-order valence-electron chi connectivity index (χ4n) is 1.48. The molecule has 0 bridgehead atoms. The molecule has 1 rings (SSSR count). The van der Waals surface area contributed by atoms with Crippen LogP contribution in [0.1, 0.15) is 19.4 Å². The third-order valence-corrected chi connectivity index (χ3v) is 2.50. The number of ether oxygens (including phenoxy) is 1. The lowest BCUT2D eigenvalue weighted by molar-refractivity contribution is -0.146. The normalized spacial score (nSPS) is 12.0. The molecule has 0 aliphatic heterocycles. The largest absolute Gasteiger partial charge is 0.466 e. The Hall–Kier alpha value is -1.58. The highest BCUT2D eigenvalue weighted by molar-refractivity contribution is 5.72. The molecule has 0 saturated carbocycles. The number of carbonyl (C=O) groups excluding carboxylic acids is 1. The van der Waals surface area contributed by atoms with Crippen LogP contribution in [0.5, 0.6) is 0 Å². The summed E-state index contributed by atoms with van der Waals surface area (Å²) in [6, 6.07) is 4.87. The number of anilines is 1. The van der Waals surface area contributed by atoms with Crippen molar-refractivity contribution < 1.29 is 13.9 Å². The summed E-state index contributed by atoms with van der Waals surface area (Å²) < 4.78 is 18.4. The van der Waals surface area contributed by atoms with Crippen LogP contribution in [0.25, 0.3) is 0 Å². The summed E-state index contributed by atoms with van der Waals surface area (Å²) in [5.41, 5.74) is 1.27. The van der Waals surface area contributed by atoms with Gasteiger partial charge in [0.05, 0.1) is 18.2 Å². The van der Waals surface area contributed by atoms with Gasteiger partial charge in [0, 0.05) is 6.54 Å². The van der Waals surface area contributed by atoms with E-state index in [2.05, 4.69) is 5.32 Å². The van der Waals surface area contributed by atoms with E-state index in [1.54, 1.807) is 19.9 Å². The molecule has 1 N–H and O–H groups in total. The van der Waals surface area contributed by atoms with Gasteiger partial charge in [-0.15, -0.1) is 0 Å². The second kappa shape index (κ2) is 6.23. The van der Waals surface area contributed by atoms with Gasteiger partial charge in [-0.2, -0.15) is 0 Å². The number of para-hydroxylation sites is 1. The Morgan fingerprint density at radius 3 is 2.82 bits per heavy atom. The molecular formula is C13H18FNO2. The molecule has 1 aromatic carbocycles. The zero-order valence-corrected chi connectivity index (χ0v) is 10.4. The lowest BCUT2D eigenvalue weighted by Crippen LogP contribution is -2.23. The van der Waals surface area contributed by atoms with E-state index in [4.69, 9.17) is 4.74 Å². The zero-order valence-electron chi connectivity index (χ0n) is 10.4. The number of nitrogens with one attached hydrogen (secondary N) is 1. The van der Waals surface area contributed by atoms with Crippen LogP contribution in [-0.4, -0.2) is 19.1 Å². The van der Waals surface area contributed by atoms with Gasteiger partial charge in [0.25, 0.3) is 0 Å². The predicted octanol–water partition coefficient (Wildman–Crippen LogP) is 2.75. The highest BCUT2D eigenvalue weighted by atomic mass is 19.1. The summed E-state index contributed by atoms with van der Waals surface area (Å²) in [7, 11) is 0. The summed E-state index contributed by atoms with van der Waals surface area (Å²) in [5, 5.41) is 2.94.